The predicted octanol–water partition coefficient (Wildman–Crippen LogP) is 2.88. The fourth-order valence-corrected chi connectivity index (χ4v) is 4.39. The van der Waals surface area contributed by atoms with Crippen LogP contribution in [0, 0.1) is 0 Å². The molecule has 0 spiro atoms. The summed E-state index contributed by atoms with van der Waals surface area (Å²) in [5.74, 6) is -3.18. The van der Waals surface area contributed by atoms with Crippen LogP contribution in [0.5, 0.6) is 0 Å². The van der Waals surface area contributed by atoms with E-state index in [4.69, 9.17) is 13.8 Å². The molecule has 0 aromatic heterocycles. The smallest absolute Gasteiger partial charge is 0.372 e. The maximum Gasteiger partial charge on any atom is 0.372 e. The average molecular weight is 411 g/mol. The molecule has 0 aliphatic carbocycles. The molecule has 2 amide bonds. The van der Waals surface area contributed by atoms with Gasteiger partial charge in [0.2, 0.25) is 0 Å². The summed E-state index contributed by atoms with van der Waals surface area (Å²) in [5.41, 5.74) is 0.353. The van der Waals surface area contributed by atoms with E-state index in [9.17, 15) is 24.1 Å². The molecule has 0 radical (unpaired) electrons. The number of hydrogen-bond acceptors (Lipinski definition) is 8. The summed E-state index contributed by atoms with van der Waals surface area (Å²) in [6.45, 7) is 3.74. The van der Waals surface area contributed by atoms with Gasteiger partial charge in [-0.05, 0) is 32.9 Å². The summed E-state index contributed by atoms with van der Waals surface area (Å²) in [6.07, 6.45) is 0. The molecule has 1 aromatic carbocycles. The van der Waals surface area contributed by atoms with Crippen molar-refractivity contribution >= 4 is 25.4 Å². The Bertz CT molecular complexity index is 818. The van der Waals surface area contributed by atoms with Crippen LogP contribution < -0.4 is 0 Å². The number of nitrogens with zero attached hydrogens (tertiary/aromatic N) is 1. The molecule has 28 heavy (non-hydrogen) atoms. The van der Waals surface area contributed by atoms with Gasteiger partial charge in [0.15, 0.2) is 5.31 Å². The quantitative estimate of drug-likeness (QED) is 0.217. The average Bonchev–Trinajstić information content (AvgIpc) is 2.88. The minimum absolute atomic E-state index is 0.0547. The van der Waals surface area contributed by atoms with Crippen molar-refractivity contribution in [2.24, 2.45) is 0 Å². The molecule has 0 fully saturated rings. The van der Waals surface area contributed by atoms with Crippen molar-refractivity contribution in [3.05, 3.63) is 46.5 Å². The topological polar surface area (TPSA) is 119 Å². The van der Waals surface area contributed by atoms with Gasteiger partial charge in [-0.1, -0.05) is 12.1 Å². The molecule has 9 nitrogen and oxygen atoms in total. The second-order valence-corrected chi connectivity index (χ2v) is 7.55. The molecular weight excluding hydrogens is 389 g/mol. The first kappa shape index (κ1) is 21.8. The zero-order chi connectivity index (χ0) is 20.9. The molecule has 0 saturated heterocycles. The van der Waals surface area contributed by atoms with Crippen LogP contribution in [0.2, 0.25) is 0 Å². The highest BCUT2D eigenvalue weighted by Gasteiger charge is 2.42. The third kappa shape index (κ3) is 4.16. The number of ether oxygens (including phenoxy) is 1. The number of amides is 2. The lowest BCUT2D eigenvalue weighted by Crippen LogP contribution is -2.32. The molecule has 0 bridgehead atoms. The third-order valence-corrected chi connectivity index (χ3v) is 5.98. The van der Waals surface area contributed by atoms with E-state index in [2.05, 4.69) is 0 Å². The number of fused-ring (bicyclic) bond motifs is 1. The number of imide groups is 1. The van der Waals surface area contributed by atoms with E-state index >= 15 is 0 Å². The Labute approximate surface area is 162 Å². The first-order chi connectivity index (χ1) is 13.3. The fourth-order valence-electron chi connectivity index (χ4n) is 2.70. The number of carbonyl (C=O) groups excluding carboxylic acids is 3. The van der Waals surface area contributed by atoms with Crippen LogP contribution in [0.3, 0.4) is 0 Å². The highest BCUT2D eigenvalue weighted by Crippen LogP contribution is 2.57. The van der Waals surface area contributed by atoms with E-state index in [-0.39, 0.29) is 30.9 Å². The summed E-state index contributed by atoms with van der Waals surface area (Å²) in [6, 6.07) is 6.17. The molecule has 0 unspecified atom stereocenters. The van der Waals surface area contributed by atoms with Gasteiger partial charge in [-0.2, -0.15) is 0 Å². The van der Waals surface area contributed by atoms with Gasteiger partial charge in [0.1, 0.15) is 5.76 Å². The second-order valence-electron chi connectivity index (χ2n) is 5.59. The van der Waals surface area contributed by atoms with Crippen LogP contribution in [-0.2, 0) is 23.1 Å². The monoisotopic (exact) mass is 411 g/mol. The summed E-state index contributed by atoms with van der Waals surface area (Å²) in [7, 11) is -4.24. The largest absolute Gasteiger partial charge is 0.509 e. The number of rotatable bonds is 9. The minimum Gasteiger partial charge on any atom is -0.509 e. The lowest BCUT2D eigenvalue weighted by atomic mass is 10.1. The van der Waals surface area contributed by atoms with Gasteiger partial charge in [-0.25, -0.2) is 4.79 Å². The van der Waals surface area contributed by atoms with Crippen molar-refractivity contribution in [2.75, 3.05) is 26.4 Å². The standard InChI is InChI=1S/C18H22NO8P/c1-4-25-18(23)15(28(24,26-5-2)27-6-3)14(20)11-19-16(21)12-9-7-8-10-13(12)17(19)22/h7-10,20H,4-6,11H2,1-3H3/b15-14-. The van der Waals surface area contributed by atoms with E-state index in [1.165, 1.54) is 32.9 Å². The molecular formula is C18H22NO8P. The van der Waals surface area contributed by atoms with Crippen LogP contribution >= 0.6 is 7.60 Å². The SMILES string of the molecule is CCOC(=O)/C(=C(/O)CN1C(=O)c2ccccc2C1=O)P(=O)(OCC)OCC. The lowest BCUT2D eigenvalue weighted by Gasteiger charge is -2.21. The molecule has 1 N–H and O–H groups in total. The highest BCUT2D eigenvalue weighted by atomic mass is 31.2. The third-order valence-electron chi connectivity index (χ3n) is 3.80. The molecule has 1 aliphatic heterocycles. The van der Waals surface area contributed by atoms with Crippen molar-refractivity contribution in [3.63, 3.8) is 0 Å². The van der Waals surface area contributed by atoms with Crippen LogP contribution in [0.4, 0.5) is 0 Å². The second kappa shape index (κ2) is 9.14. The highest BCUT2D eigenvalue weighted by molar-refractivity contribution is 7.60. The Hall–Kier alpha value is -2.48. The van der Waals surface area contributed by atoms with Crippen molar-refractivity contribution < 1.29 is 37.8 Å². The normalized spacial score (nSPS) is 14.8. The van der Waals surface area contributed by atoms with Crippen LogP contribution in [0.1, 0.15) is 41.5 Å². The summed E-state index contributed by atoms with van der Waals surface area (Å²) in [4.78, 5) is 38.1. The number of aliphatic hydroxyl groups is 1. The van der Waals surface area contributed by atoms with Crippen LogP contribution in [-0.4, -0.2) is 54.2 Å². The Morgan fingerprint density at radius 1 is 1.00 bits per heavy atom. The van der Waals surface area contributed by atoms with Gasteiger partial charge in [-0.3, -0.25) is 19.1 Å². The molecule has 1 aromatic rings. The number of hydrogen-bond donors (Lipinski definition) is 1. The number of benzene rings is 1. The Morgan fingerprint density at radius 3 is 1.93 bits per heavy atom. The van der Waals surface area contributed by atoms with Gasteiger partial charge in [-0.15, -0.1) is 0 Å². The number of carbonyl (C=O) groups is 3. The number of esters is 1. The molecule has 0 atom stereocenters. The van der Waals surface area contributed by atoms with E-state index < -0.39 is 43.0 Å². The molecule has 152 valence electrons. The summed E-state index contributed by atoms with van der Waals surface area (Å²) < 4.78 is 28.2. The minimum atomic E-state index is -4.24. The van der Waals surface area contributed by atoms with E-state index in [1.54, 1.807) is 12.1 Å². The van der Waals surface area contributed by atoms with Gasteiger partial charge in [0, 0.05) is 0 Å². The van der Waals surface area contributed by atoms with Crippen molar-refractivity contribution in [3.8, 4) is 0 Å². The van der Waals surface area contributed by atoms with E-state index in [1.807, 2.05) is 0 Å². The lowest BCUT2D eigenvalue weighted by molar-refractivity contribution is -0.138. The molecule has 2 rings (SSSR count). The van der Waals surface area contributed by atoms with Crippen molar-refractivity contribution in [2.45, 2.75) is 20.8 Å². The summed E-state index contributed by atoms with van der Waals surface area (Å²) in [5, 5.41) is 9.84. The number of aliphatic hydroxyl groups excluding tert-OH is 1. The Kier molecular flexibility index (Phi) is 7.12. The van der Waals surface area contributed by atoms with Crippen molar-refractivity contribution in [1.29, 1.82) is 0 Å². The van der Waals surface area contributed by atoms with Gasteiger partial charge in [0.05, 0.1) is 37.5 Å². The maximum absolute atomic E-state index is 13.1. The molecule has 1 aliphatic rings. The maximum atomic E-state index is 13.1. The first-order valence-electron chi connectivity index (χ1n) is 8.74. The van der Waals surface area contributed by atoms with E-state index in [0.29, 0.717) is 0 Å². The van der Waals surface area contributed by atoms with Crippen LogP contribution in [0.25, 0.3) is 0 Å². The van der Waals surface area contributed by atoms with Crippen LogP contribution in [0.15, 0.2) is 35.3 Å². The predicted molar refractivity (Wildman–Crippen MR) is 99.0 cm³/mol. The van der Waals surface area contributed by atoms with Crippen molar-refractivity contribution in [1.82, 2.24) is 4.90 Å². The summed E-state index contributed by atoms with van der Waals surface area (Å²) >= 11 is 0. The zero-order valence-corrected chi connectivity index (χ0v) is 16.7. The zero-order valence-electron chi connectivity index (χ0n) is 15.8. The fraction of sp³-hybridized carbons (Fsp3) is 0.389. The molecule has 10 heteroatoms. The van der Waals surface area contributed by atoms with E-state index in [0.717, 1.165) is 4.90 Å². The van der Waals surface area contributed by atoms with Gasteiger partial charge >= 0.3 is 13.6 Å². The molecule has 1 heterocycles. The Morgan fingerprint density at radius 2 is 1.50 bits per heavy atom. The first-order valence-corrected chi connectivity index (χ1v) is 10.3. The van der Waals surface area contributed by atoms with Gasteiger partial charge < -0.3 is 18.9 Å². The Balaban J connectivity index is 2.46. The van der Waals surface area contributed by atoms with Gasteiger partial charge in [0.25, 0.3) is 11.8 Å². The molecule has 0 saturated carbocycles.